The number of terminal acetylenes is 1. The van der Waals surface area contributed by atoms with Gasteiger partial charge in [0.15, 0.2) is 0 Å². The maximum atomic E-state index is 10.7. The van der Waals surface area contributed by atoms with Crippen molar-refractivity contribution in [1.82, 2.24) is 0 Å². The van der Waals surface area contributed by atoms with Crippen LogP contribution in [0.3, 0.4) is 0 Å². The van der Waals surface area contributed by atoms with Gasteiger partial charge in [-0.1, -0.05) is 11.8 Å². The molecular formula is C7H8O3S. The van der Waals surface area contributed by atoms with Crippen LogP contribution in [0.25, 0.3) is 0 Å². The van der Waals surface area contributed by atoms with Gasteiger partial charge in [-0.15, -0.1) is 12.3 Å². The third-order valence-corrected chi connectivity index (χ3v) is 1.74. The molecule has 4 heteroatoms. The highest BCUT2D eigenvalue weighted by Crippen LogP contribution is 1.89. The van der Waals surface area contributed by atoms with Gasteiger partial charge in [0, 0.05) is 0 Å². The van der Waals surface area contributed by atoms with Gasteiger partial charge in [-0.25, -0.2) is 0 Å². The summed E-state index contributed by atoms with van der Waals surface area (Å²) < 4.78 is 25.7. The van der Waals surface area contributed by atoms with Crippen LogP contribution in [0.4, 0.5) is 0 Å². The molecule has 0 N–H and O–H groups in total. The summed E-state index contributed by atoms with van der Waals surface area (Å²) in [6.45, 7) is 1.47. The SMILES string of the molecule is C#CCS(=O)(=O)OCC#CC. The van der Waals surface area contributed by atoms with Crippen molar-refractivity contribution in [3.05, 3.63) is 0 Å². The first-order valence-corrected chi connectivity index (χ1v) is 4.40. The predicted molar refractivity (Wildman–Crippen MR) is 42.0 cm³/mol. The highest BCUT2D eigenvalue weighted by Gasteiger charge is 2.06. The zero-order chi connectivity index (χ0) is 8.74. The van der Waals surface area contributed by atoms with Crippen LogP contribution in [0, 0.1) is 24.2 Å². The molecule has 0 spiro atoms. The molecule has 0 aromatic rings. The van der Waals surface area contributed by atoms with E-state index in [1.807, 2.05) is 5.92 Å². The van der Waals surface area contributed by atoms with Gasteiger partial charge in [-0.05, 0) is 6.92 Å². The molecule has 3 nitrogen and oxygen atoms in total. The van der Waals surface area contributed by atoms with Gasteiger partial charge in [0.2, 0.25) is 0 Å². The third-order valence-electron chi connectivity index (χ3n) is 0.748. The van der Waals surface area contributed by atoms with Gasteiger partial charge in [-0.3, -0.25) is 4.18 Å². The largest absolute Gasteiger partial charge is 0.279 e. The van der Waals surface area contributed by atoms with Crippen LogP contribution in [-0.4, -0.2) is 20.8 Å². The van der Waals surface area contributed by atoms with Crippen LogP contribution in [-0.2, 0) is 14.3 Å². The summed E-state index contributed by atoms with van der Waals surface area (Å²) in [4.78, 5) is 0. The van der Waals surface area contributed by atoms with Gasteiger partial charge < -0.3 is 0 Å². The highest BCUT2D eigenvalue weighted by atomic mass is 32.2. The lowest BCUT2D eigenvalue weighted by atomic mass is 10.6. The summed E-state index contributed by atoms with van der Waals surface area (Å²) in [5.74, 6) is 6.50. The summed E-state index contributed by atoms with van der Waals surface area (Å²) in [5, 5.41) is 0. The molecule has 0 rings (SSSR count). The Balaban J connectivity index is 3.93. The lowest BCUT2D eigenvalue weighted by Gasteiger charge is -1.95. The van der Waals surface area contributed by atoms with Crippen molar-refractivity contribution in [2.75, 3.05) is 12.4 Å². The van der Waals surface area contributed by atoms with Gasteiger partial charge in [0.05, 0.1) is 0 Å². The van der Waals surface area contributed by atoms with Gasteiger partial charge in [0.25, 0.3) is 10.1 Å². The smallest absolute Gasteiger partial charge is 0.256 e. The van der Waals surface area contributed by atoms with E-state index in [4.69, 9.17) is 6.42 Å². The summed E-state index contributed by atoms with van der Waals surface area (Å²) in [5.41, 5.74) is 0. The Morgan fingerprint density at radius 2 is 2.18 bits per heavy atom. The topological polar surface area (TPSA) is 43.4 Å². The van der Waals surface area contributed by atoms with E-state index in [1.165, 1.54) is 0 Å². The van der Waals surface area contributed by atoms with Crippen molar-refractivity contribution < 1.29 is 12.6 Å². The molecule has 0 saturated carbocycles. The van der Waals surface area contributed by atoms with Crippen molar-refractivity contribution in [2.24, 2.45) is 0 Å². The summed E-state index contributed by atoms with van der Waals surface area (Å²) in [7, 11) is -3.54. The Morgan fingerprint density at radius 1 is 1.55 bits per heavy atom. The van der Waals surface area contributed by atoms with Crippen LogP contribution in [0.5, 0.6) is 0 Å². The zero-order valence-electron chi connectivity index (χ0n) is 6.12. The molecule has 0 saturated heterocycles. The number of hydrogen-bond donors (Lipinski definition) is 0. The van der Waals surface area contributed by atoms with E-state index in [-0.39, 0.29) is 6.61 Å². The Bertz CT molecular complexity index is 297. The molecule has 0 heterocycles. The van der Waals surface area contributed by atoms with E-state index >= 15 is 0 Å². The lowest BCUT2D eigenvalue weighted by molar-refractivity contribution is 0.365. The second kappa shape index (κ2) is 4.79. The van der Waals surface area contributed by atoms with E-state index in [0.29, 0.717) is 0 Å². The van der Waals surface area contributed by atoms with Crippen LogP contribution < -0.4 is 0 Å². The molecule has 11 heavy (non-hydrogen) atoms. The minimum absolute atomic E-state index is 0.124. The molecule has 0 aliphatic heterocycles. The molecule has 0 aromatic heterocycles. The van der Waals surface area contributed by atoms with Crippen LogP contribution in [0.1, 0.15) is 6.92 Å². The highest BCUT2D eigenvalue weighted by molar-refractivity contribution is 7.86. The first-order chi connectivity index (χ1) is 5.12. The van der Waals surface area contributed by atoms with E-state index in [9.17, 15) is 8.42 Å². The number of hydrogen-bond acceptors (Lipinski definition) is 3. The molecule has 60 valence electrons. The van der Waals surface area contributed by atoms with E-state index < -0.39 is 15.9 Å². The van der Waals surface area contributed by atoms with Crippen molar-refractivity contribution in [1.29, 1.82) is 0 Å². The summed E-state index contributed by atoms with van der Waals surface area (Å²) >= 11 is 0. The van der Waals surface area contributed by atoms with Crippen LogP contribution in [0.2, 0.25) is 0 Å². The van der Waals surface area contributed by atoms with E-state index in [0.717, 1.165) is 0 Å². The van der Waals surface area contributed by atoms with Crippen LogP contribution in [0.15, 0.2) is 0 Å². The van der Waals surface area contributed by atoms with Crippen molar-refractivity contribution in [3.63, 3.8) is 0 Å². The monoisotopic (exact) mass is 172 g/mol. The normalized spacial score (nSPS) is 9.45. The van der Waals surface area contributed by atoms with Gasteiger partial charge in [0.1, 0.15) is 12.4 Å². The Morgan fingerprint density at radius 3 is 2.64 bits per heavy atom. The van der Waals surface area contributed by atoms with E-state index in [2.05, 4.69) is 16.0 Å². The minimum atomic E-state index is -3.54. The standard InChI is InChI=1S/C7H8O3S/c1-3-5-6-10-11(8,9)7-4-2/h2H,6-7H2,1H3. The van der Waals surface area contributed by atoms with Gasteiger partial charge >= 0.3 is 0 Å². The van der Waals surface area contributed by atoms with Crippen LogP contribution >= 0.6 is 0 Å². The molecular weight excluding hydrogens is 164 g/mol. The van der Waals surface area contributed by atoms with Gasteiger partial charge in [-0.2, -0.15) is 8.42 Å². The number of rotatable bonds is 3. The predicted octanol–water partition coefficient (Wildman–Crippen LogP) is -0.0107. The molecule has 0 atom stereocenters. The second-order valence-corrected chi connectivity index (χ2v) is 3.23. The fraction of sp³-hybridized carbons (Fsp3) is 0.429. The lowest BCUT2D eigenvalue weighted by Crippen LogP contribution is -2.09. The average Bonchev–Trinajstić information content (AvgIpc) is 1.87. The third kappa shape index (κ3) is 5.47. The van der Waals surface area contributed by atoms with Crippen molar-refractivity contribution in [2.45, 2.75) is 6.92 Å². The Kier molecular flexibility index (Phi) is 4.36. The molecule has 0 unspecified atom stereocenters. The fourth-order valence-corrected chi connectivity index (χ4v) is 0.861. The summed E-state index contributed by atoms with van der Waals surface area (Å²) in [6, 6.07) is 0. The molecule has 0 aromatic carbocycles. The Labute approximate surface area is 66.9 Å². The van der Waals surface area contributed by atoms with Crippen molar-refractivity contribution >= 4 is 10.1 Å². The first-order valence-electron chi connectivity index (χ1n) is 2.82. The summed E-state index contributed by atoms with van der Waals surface area (Å²) in [6.07, 6.45) is 4.77. The molecule has 0 fully saturated rings. The zero-order valence-corrected chi connectivity index (χ0v) is 6.94. The molecule has 0 amide bonds. The molecule has 0 aliphatic carbocycles. The average molecular weight is 172 g/mol. The minimum Gasteiger partial charge on any atom is -0.256 e. The van der Waals surface area contributed by atoms with E-state index in [1.54, 1.807) is 6.92 Å². The van der Waals surface area contributed by atoms with Crippen molar-refractivity contribution in [3.8, 4) is 24.2 Å². The maximum Gasteiger partial charge on any atom is 0.279 e. The fourth-order valence-electron chi connectivity index (χ4n) is 0.335. The second-order valence-electron chi connectivity index (χ2n) is 1.60. The maximum absolute atomic E-state index is 10.7. The molecule has 0 aliphatic rings. The Hall–Kier alpha value is -0.970. The quantitative estimate of drug-likeness (QED) is 0.444. The molecule has 0 radical (unpaired) electrons. The first kappa shape index (κ1) is 10.0. The molecule has 0 bridgehead atoms.